The number of rotatable bonds is 3. The van der Waals surface area contributed by atoms with Crippen LogP contribution in [0.2, 0.25) is 0 Å². The van der Waals surface area contributed by atoms with Crippen LogP contribution in [0, 0.1) is 23.7 Å². The number of fused-ring (bicyclic) bond motifs is 9. The number of carbonyl (C=O) groups is 1. The van der Waals surface area contributed by atoms with E-state index in [2.05, 4.69) is 89.2 Å². The number of benzene rings is 2. The largest absolute Gasteiger partial charge is 0.469 e. The summed E-state index contributed by atoms with van der Waals surface area (Å²) in [7, 11) is 3.71. The molecule has 4 fully saturated rings. The predicted octanol–water partition coefficient (Wildman–Crippen LogP) is 6.47. The van der Waals surface area contributed by atoms with Crippen molar-refractivity contribution < 1.29 is 14.6 Å². The Kier molecular flexibility index (Phi) is 7.01. The Bertz CT molecular complexity index is 1900. The SMILES string of the molecule is CC=C1CN(C)C2Cc3c([nH]c4ccccc34)C(c3ccc4c5c([nH]c4c3)C3CC4CC(CC)C3N(CC5)C4O)CC1C2C(=O)OC. The van der Waals surface area contributed by atoms with E-state index >= 15 is 0 Å². The zero-order valence-electron chi connectivity index (χ0n) is 28.1. The van der Waals surface area contributed by atoms with Crippen molar-refractivity contribution in [2.75, 3.05) is 27.2 Å². The lowest BCUT2D eigenvalue weighted by Gasteiger charge is -2.55. The zero-order chi connectivity index (χ0) is 32.1. The second kappa shape index (κ2) is 11.1. The van der Waals surface area contributed by atoms with Crippen LogP contribution in [0.15, 0.2) is 54.1 Å². The Labute approximate surface area is 277 Å². The van der Waals surface area contributed by atoms with E-state index in [0.29, 0.717) is 23.8 Å². The number of likely N-dealkylation sites (tertiary alicyclic amines) is 1. The van der Waals surface area contributed by atoms with Gasteiger partial charge in [-0.2, -0.15) is 0 Å². The Hall–Kier alpha value is -3.39. The van der Waals surface area contributed by atoms with Gasteiger partial charge in [0.05, 0.1) is 13.0 Å². The standard InChI is InChI=1S/C40H48N4O3/c1-5-21-15-24-16-31-36-27(13-14-44(38(21)31)39(24)45)26-12-11-23(17-33(26)42-36)29-18-28-22(6-2)20-43(3)34(35(28)40(46)47-4)19-30-25-9-7-8-10-32(25)41-37(29)30/h6-12,17,21,24,28-29,31,34-35,38-39,41-42,45H,5,13-16,18-20H2,1-4H3. The molecule has 10 rings (SSSR count). The molecular weight excluding hydrogens is 584 g/mol. The number of ether oxygens (including phenoxy) is 1. The highest BCUT2D eigenvalue weighted by Gasteiger charge is 2.53. The first-order valence-electron chi connectivity index (χ1n) is 18.0. The molecule has 47 heavy (non-hydrogen) atoms. The number of methoxy groups -OCH3 is 1. The first-order chi connectivity index (χ1) is 22.9. The summed E-state index contributed by atoms with van der Waals surface area (Å²) in [6, 6.07) is 16.3. The number of piperidine rings is 3. The number of aliphatic hydroxyl groups excluding tert-OH is 1. The molecule has 7 heteroatoms. The van der Waals surface area contributed by atoms with Crippen molar-refractivity contribution in [1.29, 1.82) is 0 Å². The van der Waals surface area contributed by atoms with Crippen LogP contribution >= 0.6 is 0 Å². The first-order valence-corrected chi connectivity index (χ1v) is 18.0. The van der Waals surface area contributed by atoms with Crippen LogP contribution in [0.3, 0.4) is 0 Å². The number of nitrogens with zero attached hydrogens (tertiary/aromatic N) is 2. The minimum atomic E-state index is -0.291. The average molecular weight is 633 g/mol. The molecular formula is C40H48N4O3. The lowest BCUT2D eigenvalue weighted by Crippen LogP contribution is -2.61. The van der Waals surface area contributed by atoms with E-state index in [4.69, 9.17) is 4.74 Å². The second-order valence-corrected chi connectivity index (χ2v) is 15.3. The molecule has 0 radical (unpaired) electrons. The highest BCUT2D eigenvalue weighted by molar-refractivity contribution is 5.88. The molecule has 6 heterocycles. The fraction of sp³-hybridized carbons (Fsp3) is 0.525. The summed E-state index contributed by atoms with van der Waals surface area (Å²) in [5.74, 6) is 1.37. The Morgan fingerprint density at radius 2 is 1.83 bits per heavy atom. The van der Waals surface area contributed by atoms with Crippen molar-refractivity contribution >= 4 is 27.8 Å². The Balaban J connectivity index is 1.19. The summed E-state index contributed by atoms with van der Waals surface area (Å²) >= 11 is 0. The highest BCUT2D eigenvalue weighted by atomic mass is 16.5. The van der Waals surface area contributed by atoms with Crippen molar-refractivity contribution in [1.82, 2.24) is 19.8 Å². The number of aliphatic hydroxyl groups is 1. The third-order valence-electron chi connectivity index (χ3n) is 13.3. The van der Waals surface area contributed by atoms with E-state index in [1.54, 1.807) is 7.11 Å². The van der Waals surface area contributed by atoms with E-state index in [-0.39, 0.29) is 36.0 Å². The van der Waals surface area contributed by atoms with Crippen molar-refractivity contribution in [2.45, 2.75) is 82.5 Å². The average Bonchev–Trinajstić information content (AvgIpc) is 3.59. The molecule has 3 N–H and O–H groups in total. The van der Waals surface area contributed by atoms with Crippen LogP contribution in [0.5, 0.6) is 0 Å². The number of H-pyrrole nitrogens is 2. The maximum Gasteiger partial charge on any atom is 0.310 e. The smallest absolute Gasteiger partial charge is 0.310 e. The van der Waals surface area contributed by atoms with Crippen LogP contribution in [0.25, 0.3) is 21.8 Å². The molecule has 10 atom stereocenters. The van der Waals surface area contributed by atoms with Crippen molar-refractivity contribution in [3.05, 3.63) is 82.2 Å². The van der Waals surface area contributed by atoms with Gasteiger partial charge < -0.3 is 19.8 Å². The number of hydrogen-bond acceptors (Lipinski definition) is 5. The maximum atomic E-state index is 13.6. The van der Waals surface area contributed by atoms with E-state index in [1.807, 2.05) is 0 Å². The summed E-state index contributed by atoms with van der Waals surface area (Å²) in [5, 5.41) is 13.8. The molecule has 2 aliphatic carbocycles. The van der Waals surface area contributed by atoms with Crippen LogP contribution in [0.4, 0.5) is 0 Å². The predicted molar refractivity (Wildman–Crippen MR) is 185 cm³/mol. The van der Waals surface area contributed by atoms with Gasteiger partial charge in [0.1, 0.15) is 6.23 Å². The number of aromatic amines is 2. The third-order valence-corrected chi connectivity index (χ3v) is 13.3. The quantitative estimate of drug-likeness (QED) is 0.178. The van der Waals surface area contributed by atoms with Gasteiger partial charge >= 0.3 is 5.97 Å². The molecule has 4 aliphatic heterocycles. The molecule has 2 aromatic heterocycles. The molecule has 2 aromatic carbocycles. The number of nitrogens with one attached hydrogen (secondary N) is 2. The molecule has 10 unspecified atom stereocenters. The van der Waals surface area contributed by atoms with Crippen LogP contribution in [-0.2, 0) is 22.4 Å². The highest BCUT2D eigenvalue weighted by Crippen LogP contribution is 2.53. The van der Waals surface area contributed by atoms with Crippen molar-refractivity contribution in [2.24, 2.45) is 23.7 Å². The van der Waals surface area contributed by atoms with Crippen molar-refractivity contribution in [3.63, 3.8) is 0 Å². The lowest BCUT2D eigenvalue weighted by molar-refractivity contribution is -0.156. The molecule has 0 spiro atoms. The van der Waals surface area contributed by atoms with Gasteiger partial charge in [0.2, 0.25) is 0 Å². The second-order valence-electron chi connectivity index (χ2n) is 15.3. The summed E-state index contributed by atoms with van der Waals surface area (Å²) in [5.41, 5.74) is 10.5. The monoisotopic (exact) mass is 632 g/mol. The molecule has 246 valence electrons. The summed E-state index contributed by atoms with van der Waals surface area (Å²) < 4.78 is 5.53. The fourth-order valence-electron chi connectivity index (χ4n) is 11.2. The number of esters is 1. The molecule has 0 amide bonds. The number of allylic oxidation sites excluding steroid dienone is 1. The van der Waals surface area contributed by atoms with E-state index in [0.717, 1.165) is 45.2 Å². The van der Waals surface area contributed by atoms with E-state index in [1.165, 1.54) is 61.9 Å². The molecule has 1 saturated carbocycles. The fourth-order valence-corrected chi connectivity index (χ4v) is 11.2. The summed E-state index contributed by atoms with van der Waals surface area (Å²) in [6.07, 6.45) is 7.99. The van der Waals surface area contributed by atoms with Gasteiger partial charge in [-0.25, -0.2) is 0 Å². The van der Waals surface area contributed by atoms with Crippen molar-refractivity contribution in [3.8, 4) is 0 Å². The van der Waals surface area contributed by atoms with Gasteiger partial charge in [0.25, 0.3) is 0 Å². The van der Waals surface area contributed by atoms with Gasteiger partial charge in [0.15, 0.2) is 0 Å². The number of likely N-dealkylation sites (N-methyl/N-ethyl adjacent to an activating group) is 1. The normalized spacial score (nSPS) is 35.7. The molecule has 6 bridgehead atoms. The topological polar surface area (TPSA) is 84.6 Å². The maximum absolute atomic E-state index is 13.6. The van der Waals surface area contributed by atoms with Gasteiger partial charge in [-0.1, -0.05) is 55.3 Å². The number of para-hydroxylation sites is 1. The number of aromatic nitrogens is 2. The number of carbonyl (C=O) groups excluding carboxylic acids is 1. The number of hydrogen-bond donors (Lipinski definition) is 3. The van der Waals surface area contributed by atoms with Crippen LogP contribution < -0.4 is 0 Å². The summed E-state index contributed by atoms with van der Waals surface area (Å²) in [4.78, 5) is 26.4. The van der Waals surface area contributed by atoms with Gasteiger partial charge in [0, 0.05) is 70.2 Å². The minimum absolute atomic E-state index is 0.0764. The Morgan fingerprint density at radius 1 is 1.02 bits per heavy atom. The van der Waals surface area contributed by atoms with Crippen LogP contribution in [0.1, 0.15) is 79.4 Å². The van der Waals surface area contributed by atoms with Gasteiger partial charge in [-0.05, 0) is 92.7 Å². The van der Waals surface area contributed by atoms with E-state index in [9.17, 15) is 9.90 Å². The molecule has 6 aliphatic rings. The van der Waals surface area contributed by atoms with Gasteiger partial charge in [-0.15, -0.1) is 0 Å². The lowest BCUT2D eigenvalue weighted by atomic mass is 9.64. The van der Waals surface area contributed by atoms with Crippen LogP contribution in [-0.4, -0.2) is 76.4 Å². The zero-order valence-corrected chi connectivity index (χ0v) is 28.1. The molecule has 7 nitrogen and oxygen atoms in total. The molecule has 3 saturated heterocycles. The summed E-state index contributed by atoms with van der Waals surface area (Å²) in [6.45, 7) is 6.25. The van der Waals surface area contributed by atoms with E-state index < -0.39 is 0 Å². The first kappa shape index (κ1) is 29.7. The Morgan fingerprint density at radius 3 is 2.64 bits per heavy atom. The minimum Gasteiger partial charge on any atom is -0.469 e. The third kappa shape index (κ3) is 4.32. The van der Waals surface area contributed by atoms with Gasteiger partial charge in [-0.3, -0.25) is 14.6 Å². The molecule has 4 aromatic rings.